The lowest BCUT2D eigenvalue weighted by Crippen LogP contribution is -2.23. The van der Waals surface area contributed by atoms with Gasteiger partial charge in [-0.1, -0.05) is 35.5 Å². The number of nitrogens with zero attached hydrogens (tertiary/aromatic N) is 1. The number of hydrogen-bond acceptors (Lipinski definition) is 4. The smallest absolute Gasteiger partial charge is 0.427 e. The van der Waals surface area contributed by atoms with Crippen molar-refractivity contribution in [2.75, 3.05) is 0 Å². The molecular formula is C14H19NO3. The van der Waals surface area contributed by atoms with Gasteiger partial charge in [0.25, 0.3) is 0 Å². The minimum absolute atomic E-state index is 0.559. The summed E-state index contributed by atoms with van der Waals surface area (Å²) >= 11 is 0. The van der Waals surface area contributed by atoms with Crippen LogP contribution >= 0.6 is 0 Å². The number of rotatable bonds is 4. The Bertz CT molecular complexity index is 393. The fraction of sp³-hybridized carbons (Fsp3) is 0.429. The first-order chi connectivity index (χ1) is 8.47. The molecule has 0 fully saturated rings. The van der Waals surface area contributed by atoms with Gasteiger partial charge in [-0.25, -0.2) is 4.79 Å². The van der Waals surface area contributed by atoms with Crippen molar-refractivity contribution >= 4 is 12.4 Å². The van der Waals surface area contributed by atoms with E-state index in [1.165, 1.54) is 5.56 Å². The van der Waals surface area contributed by atoms with E-state index in [4.69, 9.17) is 4.74 Å². The third kappa shape index (κ3) is 6.68. The van der Waals surface area contributed by atoms with Gasteiger partial charge >= 0.3 is 6.16 Å². The largest absolute Gasteiger partial charge is 0.535 e. The molecule has 4 nitrogen and oxygen atoms in total. The highest BCUT2D eigenvalue weighted by Gasteiger charge is 2.17. The Morgan fingerprint density at radius 3 is 2.56 bits per heavy atom. The molecule has 0 aliphatic heterocycles. The zero-order valence-corrected chi connectivity index (χ0v) is 11.1. The van der Waals surface area contributed by atoms with Gasteiger partial charge in [0, 0.05) is 6.21 Å². The van der Waals surface area contributed by atoms with E-state index >= 15 is 0 Å². The molecule has 0 unspecified atom stereocenters. The van der Waals surface area contributed by atoms with Crippen molar-refractivity contribution in [2.24, 2.45) is 5.16 Å². The maximum absolute atomic E-state index is 11.1. The highest BCUT2D eigenvalue weighted by molar-refractivity contribution is 5.63. The van der Waals surface area contributed by atoms with E-state index in [1.54, 1.807) is 27.0 Å². The van der Waals surface area contributed by atoms with Crippen LogP contribution in [0.25, 0.3) is 0 Å². The van der Waals surface area contributed by atoms with E-state index in [0.717, 1.165) is 6.42 Å². The average molecular weight is 249 g/mol. The van der Waals surface area contributed by atoms with Crippen LogP contribution in [0.15, 0.2) is 35.5 Å². The Morgan fingerprint density at radius 1 is 1.28 bits per heavy atom. The van der Waals surface area contributed by atoms with E-state index in [-0.39, 0.29) is 0 Å². The molecule has 0 aliphatic rings. The van der Waals surface area contributed by atoms with Crippen molar-refractivity contribution in [3.8, 4) is 0 Å². The zero-order chi connectivity index (χ0) is 13.4. The molecule has 4 heteroatoms. The maximum Gasteiger partial charge on any atom is 0.535 e. The minimum atomic E-state index is -0.779. The minimum Gasteiger partial charge on any atom is -0.427 e. The molecule has 0 saturated heterocycles. The number of ether oxygens (including phenoxy) is 1. The third-order valence-electron chi connectivity index (χ3n) is 2.00. The number of hydrogen-bond donors (Lipinski definition) is 0. The van der Waals surface area contributed by atoms with Crippen LogP contribution in [0, 0.1) is 0 Å². The normalized spacial score (nSPS) is 11.5. The monoisotopic (exact) mass is 249 g/mol. The molecule has 0 aromatic heterocycles. The number of carbonyl (C=O) groups excluding carboxylic acids is 1. The van der Waals surface area contributed by atoms with Gasteiger partial charge in [-0.15, -0.1) is 0 Å². The van der Waals surface area contributed by atoms with Crippen LogP contribution in [0.1, 0.15) is 32.8 Å². The molecule has 0 heterocycles. The van der Waals surface area contributed by atoms with E-state index in [2.05, 4.69) is 9.99 Å². The molecule has 0 aliphatic carbocycles. The topological polar surface area (TPSA) is 47.9 Å². The highest BCUT2D eigenvalue weighted by atomic mass is 16.8. The van der Waals surface area contributed by atoms with Gasteiger partial charge in [0.1, 0.15) is 5.60 Å². The summed E-state index contributed by atoms with van der Waals surface area (Å²) in [5.41, 5.74) is 0.664. The third-order valence-corrected chi connectivity index (χ3v) is 2.00. The second kappa shape index (κ2) is 6.79. The Hall–Kier alpha value is -1.84. The highest BCUT2D eigenvalue weighted by Crippen LogP contribution is 2.08. The lowest BCUT2D eigenvalue weighted by atomic mass is 10.1. The molecule has 0 radical (unpaired) electrons. The first-order valence-electron chi connectivity index (χ1n) is 5.93. The second-order valence-electron chi connectivity index (χ2n) is 4.87. The number of benzene rings is 1. The molecule has 0 amide bonds. The van der Waals surface area contributed by atoms with Crippen LogP contribution < -0.4 is 0 Å². The Morgan fingerprint density at radius 2 is 1.94 bits per heavy atom. The lowest BCUT2D eigenvalue weighted by Gasteiger charge is -2.16. The Kier molecular flexibility index (Phi) is 5.36. The molecule has 0 spiro atoms. The summed E-state index contributed by atoms with van der Waals surface area (Å²) in [6.07, 6.45) is 2.37. The summed E-state index contributed by atoms with van der Waals surface area (Å²) in [6, 6.07) is 10.0. The van der Waals surface area contributed by atoms with Crippen molar-refractivity contribution in [1.82, 2.24) is 0 Å². The van der Waals surface area contributed by atoms with E-state index in [0.29, 0.717) is 6.42 Å². The maximum atomic E-state index is 11.1. The number of oxime groups is 1. The van der Waals surface area contributed by atoms with Gasteiger partial charge in [0.2, 0.25) is 0 Å². The van der Waals surface area contributed by atoms with Crippen molar-refractivity contribution in [2.45, 2.75) is 39.2 Å². The molecule has 1 aromatic carbocycles. The van der Waals surface area contributed by atoms with E-state index < -0.39 is 11.8 Å². The van der Waals surface area contributed by atoms with E-state index in [9.17, 15) is 4.79 Å². The molecule has 0 saturated carbocycles. The number of aryl methyl sites for hydroxylation is 1. The molecule has 0 N–H and O–H groups in total. The molecule has 1 rings (SSSR count). The summed E-state index contributed by atoms with van der Waals surface area (Å²) in [5, 5.41) is 3.57. The quantitative estimate of drug-likeness (QED) is 0.355. The first kappa shape index (κ1) is 14.2. The van der Waals surface area contributed by atoms with Crippen molar-refractivity contribution in [3.63, 3.8) is 0 Å². The standard InChI is InChI=1S/C14H19NO3/c1-14(2,3)17-13(16)18-15-11-7-10-12-8-5-4-6-9-12/h4-6,8-9,11H,7,10H2,1-3H3/b15-11+. The van der Waals surface area contributed by atoms with Crippen molar-refractivity contribution in [1.29, 1.82) is 0 Å². The van der Waals surface area contributed by atoms with Crippen molar-refractivity contribution in [3.05, 3.63) is 35.9 Å². The van der Waals surface area contributed by atoms with Gasteiger partial charge < -0.3 is 4.74 Å². The van der Waals surface area contributed by atoms with Crippen LogP contribution in [-0.2, 0) is 16.0 Å². The molecule has 98 valence electrons. The second-order valence-corrected chi connectivity index (χ2v) is 4.87. The lowest BCUT2D eigenvalue weighted by molar-refractivity contribution is -0.00601. The van der Waals surface area contributed by atoms with Gasteiger partial charge in [-0.3, -0.25) is 4.84 Å². The van der Waals surface area contributed by atoms with Gasteiger partial charge in [0.15, 0.2) is 0 Å². The van der Waals surface area contributed by atoms with Crippen LogP contribution in [0.2, 0.25) is 0 Å². The van der Waals surface area contributed by atoms with Gasteiger partial charge in [0.05, 0.1) is 0 Å². The van der Waals surface area contributed by atoms with Crippen LogP contribution in [0.4, 0.5) is 4.79 Å². The summed E-state index contributed by atoms with van der Waals surface area (Å²) in [5.74, 6) is 0. The summed E-state index contributed by atoms with van der Waals surface area (Å²) in [7, 11) is 0. The van der Waals surface area contributed by atoms with Crippen LogP contribution in [-0.4, -0.2) is 18.0 Å². The fourth-order valence-corrected chi connectivity index (χ4v) is 1.28. The van der Waals surface area contributed by atoms with Gasteiger partial charge in [-0.2, -0.15) is 0 Å². The predicted octanol–water partition coefficient (Wildman–Crippen LogP) is 3.56. The average Bonchev–Trinajstić information content (AvgIpc) is 2.27. The molecule has 0 bridgehead atoms. The van der Waals surface area contributed by atoms with Gasteiger partial charge in [-0.05, 0) is 39.2 Å². The zero-order valence-electron chi connectivity index (χ0n) is 11.1. The van der Waals surface area contributed by atoms with Crippen LogP contribution in [0.5, 0.6) is 0 Å². The molecule has 1 aromatic rings. The Balaban J connectivity index is 2.20. The first-order valence-corrected chi connectivity index (χ1v) is 5.93. The summed E-state index contributed by atoms with van der Waals surface area (Å²) in [6.45, 7) is 5.31. The number of carbonyl (C=O) groups is 1. The SMILES string of the molecule is CC(C)(C)OC(=O)O/N=C/CCc1ccccc1. The molecule has 18 heavy (non-hydrogen) atoms. The van der Waals surface area contributed by atoms with E-state index in [1.807, 2.05) is 30.3 Å². The predicted molar refractivity (Wildman–Crippen MR) is 70.6 cm³/mol. The Labute approximate surface area is 108 Å². The molecule has 0 atom stereocenters. The van der Waals surface area contributed by atoms with Crippen LogP contribution in [0.3, 0.4) is 0 Å². The molecular weight excluding hydrogens is 230 g/mol. The van der Waals surface area contributed by atoms with Crippen molar-refractivity contribution < 1.29 is 14.4 Å². The summed E-state index contributed by atoms with van der Waals surface area (Å²) < 4.78 is 4.93. The fourth-order valence-electron chi connectivity index (χ4n) is 1.28. The summed E-state index contributed by atoms with van der Waals surface area (Å²) in [4.78, 5) is 15.7.